The molecule has 17 heavy (non-hydrogen) atoms. The highest BCUT2D eigenvalue weighted by Gasteiger charge is 2.08. The van der Waals surface area contributed by atoms with Gasteiger partial charge in [-0.15, -0.1) is 0 Å². The molecule has 4 heteroatoms. The SMILES string of the molecule is COc1ccc(C)cc1CN(C)CCC(=O)O. The Morgan fingerprint density at radius 3 is 2.76 bits per heavy atom. The number of methoxy groups -OCH3 is 1. The molecule has 0 heterocycles. The lowest BCUT2D eigenvalue weighted by Crippen LogP contribution is -2.21. The summed E-state index contributed by atoms with van der Waals surface area (Å²) in [6, 6.07) is 6.01. The fourth-order valence-corrected chi connectivity index (χ4v) is 1.69. The zero-order valence-corrected chi connectivity index (χ0v) is 10.6. The number of ether oxygens (including phenoxy) is 1. The Hall–Kier alpha value is -1.55. The monoisotopic (exact) mass is 237 g/mol. The minimum Gasteiger partial charge on any atom is -0.496 e. The lowest BCUT2D eigenvalue weighted by atomic mass is 10.1. The van der Waals surface area contributed by atoms with Crippen LogP contribution in [0.4, 0.5) is 0 Å². The van der Waals surface area contributed by atoms with Gasteiger partial charge < -0.3 is 14.7 Å². The van der Waals surface area contributed by atoms with Gasteiger partial charge in [0.25, 0.3) is 0 Å². The van der Waals surface area contributed by atoms with E-state index >= 15 is 0 Å². The first kappa shape index (κ1) is 13.5. The Labute approximate surface area is 102 Å². The van der Waals surface area contributed by atoms with E-state index in [0.29, 0.717) is 13.1 Å². The number of hydrogen-bond donors (Lipinski definition) is 1. The number of aliphatic carboxylic acids is 1. The fraction of sp³-hybridized carbons (Fsp3) is 0.462. The highest BCUT2D eigenvalue weighted by Crippen LogP contribution is 2.20. The van der Waals surface area contributed by atoms with Crippen molar-refractivity contribution in [2.45, 2.75) is 19.9 Å². The van der Waals surface area contributed by atoms with E-state index in [1.165, 1.54) is 5.56 Å². The molecule has 4 nitrogen and oxygen atoms in total. The Balaban J connectivity index is 2.66. The van der Waals surface area contributed by atoms with Crippen LogP contribution in [-0.4, -0.2) is 36.7 Å². The van der Waals surface area contributed by atoms with Crippen LogP contribution in [0.5, 0.6) is 5.75 Å². The van der Waals surface area contributed by atoms with Gasteiger partial charge in [0, 0.05) is 18.7 Å². The molecule has 0 aliphatic heterocycles. The van der Waals surface area contributed by atoms with Crippen molar-refractivity contribution in [3.05, 3.63) is 29.3 Å². The molecule has 0 unspecified atom stereocenters. The van der Waals surface area contributed by atoms with E-state index in [4.69, 9.17) is 9.84 Å². The van der Waals surface area contributed by atoms with Crippen LogP contribution in [0.2, 0.25) is 0 Å². The maximum atomic E-state index is 10.5. The lowest BCUT2D eigenvalue weighted by Gasteiger charge is -2.17. The predicted octanol–water partition coefficient (Wildman–Crippen LogP) is 1.91. The topological polar surface area (TPSA) is 49.8 Å². The number of hydrogen-bond acceptors (Lipinski definition) is 3. The molecule has 0 saturated carbocycles. The van der Waals surface area contributed by atoms with Crippen molar-refractivity contribution >= 4 is 5.97 Å². The lowest BCUT2D eigenvalue weighted by molar-refractivity contribution is -0.137. The highest BCUT2D eigenvalue weighted by molar-refractivity contribution is 5.66. The Kier molecular flexibility index (Phi) is 4.97. The second kappa shape index (κ2) is 6.25. The van der Waals surface area contributed by atoms with Gasteiger partial charge in [-0.25, -0.2) is 0 Å². The average Bonchev–Trinajstić information content (AvgIpc) is 2.27. The molecule has 1 aromatic carbocycles. The van der Waals surface area contributed by atoms with E-state index in [2.05, 4.69) is 6.07 Å². The maximum absolute atomic E-state index is 10.5. The van der Waals surface area contributed by atoms with Gasteiger partial charge in [0.05, 0.1) is 13.5 Å². The molecule has 0 bridgehead atoms. The number of carbonyl (C=O) groups is 1. The van der Waals surface area contributed by atoms with Crippen LogP contribution >= 0.6 is 0 Å². The molecule has 0 aliphatic carbocycles. The van der Waals surface area contributed by atoms with Crippen LogP contribution in [0.1, 0.15) is 17.5 Å². The van der Waals surface area contributed by atoms with Crippen LogP contribution < -0.4 is 4.74 Å². The van der Waals surface area contributed by atoms with E-state index in [9.17, 15) is 4.79 Å². The van der Waals surface area contributed by atoms with Crippen LogP contribution in [0.25, 0.3) is 0 Å². The smallest absolute Gasteiger partial charge is 0.304 e. The van der Waals surface area contributed by atoms with E-state index in [0.717, 1.165) is 11.3 Å². The van der Waals surface area contributed by atoms with E-state index in [1.807, 2.05) is 31.0 Å². The summed E-state index contributed by atoms with van der Waals surface area (Å²) in [5.74, 6) is 0.0748. The molecule has 94 valence electrons. The summed E-state index contributed by atoms with van der Waals surface area (Å²) in [7, 11) is 3.55. The van der Waals surface area contributed by atoms with Crippen molar-refractivity contribution in [1.29, 1.82) is 0 Å². The fourth-order valence-electron chi connectivity index (χ4n) is 1.69. The Morgan fingerprint density at radius 2 is 2.18 bits per heavy atom. The zero-order valence-electron chi connectivity index (χ0n) is 10.6. The molecule has 0 aliphatic rings. The third kappa shape index (κ3) is 4.44. The van der Waals surface area contributed by atoms with Crippen molar-refractivity contribution in [2.75, 3.05) is 20.7 Å². The number of benzene rings is 1. The molecular weight excluding hydrogens is 218 g/mol. The van der Waals surface area contributed by atoms with Gasteiger partial charge in [-0.3, -0.25) is 4.79 Å². The van der Waals surface area contributed by atoms with Gasteiger partial charge in [0.1, 0.15) is 5.75 Å². The predicted molar refractivity (Wildman–Crippen MR) is 66.3 cm³/mol. The Morgan fingerprint density at radius 1 is 1.47 bits per heavy atom. The summed E-state index contributed by atoms with van der Waals surface area (Å²) in [6.07, 6.45) is 0.157. The summed E-state index contributed by atoms with van der Waals surface area (Å²) in [5, 5.41) is 8.62. The quantitative estimate of drug-likeness (QED) is 0.821. The standard InChI is InChI=1S/C13H19NO3/c1-10-4-5-12(17-3)11(8-10)9-14(2)7-6-13(15)16/h4-5,8H,6-7,9H2,1-3H3,(H,15,16). The molecule has 1 aromatic rings. The zero-order chi connectivity index (χ0) is 12.8. The van der Waals surface area contributed by atoms with Crippen LogP contribution in [0, 0.1) is 6.92 Å². The molecule has 1 N–H and O–H groups in total. The van der Waals surface area contributed by atoms with Crippen molar-refractivity contribution in [3.8, 4) is 5.75 Å². The molecule has 0 fully saturated rings. The summed E-state index contributed by atoms with van der Waals surface area (Å²) >= 11 is 0. The second-order valence-corrected chi connectivity index (χ2v) is 4.20. The van der Waals surface area contributed by atoms with Gasteiger partial charge in [0.15, 0.2) is 0 Å². The Bertz CT molecular complexity index is 390. The minimum absolute atomic E-state index is 0.157. The van der Waals surface area contributed by atoms with E-state index in [-0.39, 0.29) is 6.42 Å². The van der Waals surface area contributed by atoms with Crippen LogP contribution in [-0.2, 0) is 11.3 Å². The number of nitrogens with zero attached hydrogens (tertiary/aromatic N) is 1. The maximum Gasteiger partial charge on any atom is 0.304 e. The van der Waals surface area contributed by atoms with E-state index < -0.39 is 5.97 Å². The van der Waals surface area contributed by atoms with Crippen molar-refractivity contribution in [3.63, 3.8) is 0 Å². The van der Waals surface area contributed by atoms with Gasteiger partial charge in [-0.1, -0.05) is 17.7 Å². The van der Waals surface area contributed by atoms with E-state index in [1.54, 1.807) is 7.11 Å². The first-order chi connectivity index (χ1) is 8.02. The summed E-state index contributed by atoms with van der Waals surface area (Å²) < 4.78 is 5.28. The first-order valence-electron chi connectivity index (χ1n) is 5.56. The minimum atomic E-state index is -0.770. The second-order valence-electron chi connectivity index (χ2n) is 4.20. The number of carboxylic acids is 1. The van der Waals surface area contributed by atoms with Crippen LogP contribution in [0.15, 0.2) is 18.2 Å². The third-order valence-corrected chi connectivity index (χ3v) is 2.58. The molecule has 0 aromatic heterocycles. The molecule has 0 radical (unpaired) electrons. The van der Waals surface area contributed by atoms with Gasteiger partial charge in [-0.2, -0.15) is 0 Å². The molecule has 1 rings (SSSR count). The molecule has 0 spiro atoms. The van der Waals surface area contributed by atoms with Gasteiger partial charge in [-0.05, 0) is 20.0 Å². The molecule has 0 saturated heterocycles. The van der Waals surface area contributed by atoms with Gasteiger partial charge >= 0.3 is 5.97 Å². The van der Waals surface area contributed by atoms with Crippen molar-refractivity contribution in [2.24, 2.45) is 0 Å². The normalized spacial score (nSPS) is 10.6. The number of aryl methyl sites for hydroxylation is 1. The molecule has 0 amide bonds. The largest absolute Gasteiger partial charge is 0.496 e. The van der Waals surface area contributed by atoms with Crippen molar-refractivity contribution < 1.29 is 14.6 Å². The number of rotatable bonds is 6. The summed E-state index contributed by atoms with van der Waals surface area (Å²) in [4.78, 5) is 12.5. The first-order valence-corrected chi connectivity index (χ1v) is 5.56. The van der Waals surface area contributed by atoms with Crippen LogP contribution in [0.3, 0.4) is 0 Å². The third-order valence-electron chi connectivity index (χ3n) is 2.58. The highest BCUT2D eigenvalue weighted by atomic mass is 16.5. The molecule has 0 atom stereocenters. The summed E-state index contributed by atoms with van der Waals surface area (Å²) in [5.41, 5.74) is 2.26. The molecular formula is C13H19NO3. The van der Waals surface area contributed by atoms with Gasteiger partial charge in [0.2, 0.25) is 0 Å². The van der Waals surface area contributed by atoms with Crippen molar-refractivity contribution in [1.82, 2.24) is 4.90 Å². The number of carboxylic acid groups (broad SMARTS) is 1. The summed E-state index contributed by atoms with van der Waals surface area (Å²) in [6.45, 7) is 3.25. The average molecular weight is 237 g/mol.